The van der Waals surface area contributed by atoms with Crippen LogP contribution in [0.25, 0.3) is 0 Å². The van der Waals surface area contributed by atoms with E-state index in [0.29, 0.717) is 0 Å². The molecule has 110 valence electrons. The first-order chi connectivity index (χ1) is 10.1. The van der Waals surface area contributed by atoms with Gasteiger partial charge >= 0.3 is 0 Å². The summed E-state index contributed by atoms with van der Waals surface area (Å²) in [6.45, 7) is 1.49. The van der Waals surface area contributed by atoms with E-state index in [0.717, 1.165) is 29.8 Å². The van der Waals surface area contributed by atoms with Gasteiger partial charge in [0.2, 0.25) is 5.91 Å². The predicted octanol–water partition coefficient (Wildman–Crippen LogP) is 2.71. The third-order valence-corrected chi connectivity index (χ3v) is 3.73. The van der Waals surface area contributed by atoms with Crippen molar-refractivity contribution in [3.8, 4) is 0 Å². The van der Waals surface area contributed by atoms with Crippen molar-refractivity contribution in [3.05, 3.63) is 47.7 Å². The smallest absolute Gasteiger partial charge is 0.221 e. The summed E-state index contributed by atoms with van der Waals surface area (Å²) < 4.78 is 13.0. The Morgan fingerprint density at radius 2 is 2.29 bits per heavy atom. The lowest BCUT2D eigenvalue weighted by atomic mass is 9.92. The highest BCUT2D eigenvalue weighted by molar-refractivity contribution is 5.89. The summed E-state index contributed by atoms with van der Waals surface area (Å²) in [4.78, 5) is 11.1. The van der Waals surface area contributed by atoms with Crippen LogP contribution in [-0.2, 0) is 11.2 Å². The molecular weight excluding hydrogens is 269 g/mol. The van der Waals surface area contributed by atoms with Crippen LogP contribution in [0.4, 0.5) is 15.8 Å². The first-order valence-corrected chi connectivity index (χ1v) is 7.07. The number of fused-ring (bicyclic) bond motifs is 1. The summed E-state index contributed by atoms with van der Waals surface area (Å²) in [7, 11) is 0. The molecule has 0 saturated carbocycles. The number of aryl methyl sites for hydroxylation is 1. The fourth-order valence-corrected chi connectivity index (χ4v) is 2.71. The molecule has 1 aromatic carbocycles. The van der Waals surface area contributed by atoms with E-state index in [1.165, 1.54) is 18.6 Å². The SMILES string of the molecule is CC(=O)Nc1ccc2c(c1)N[C@H](C1=CN[C@H](F)C=C1)CC2. The molecule has 0 aromatic heterocycles. The molecule has 3 rings (SSSR count). The second kappa shape index (κ2) is 5.60. The van der Waals surface area contributed by atoms with Gasteiger partial charge in [-0.15, -0.1) is 0 Å². The van der Waals surface area contributed by atoms with Gasteiger partial charge in [0, 0.05) is 24.5 Å². The Kier molecular flexibility index (Phi) is 3.64. The molecule has 3 N–H and O–H groups in total. The third kappa shape index (κ3) is 3.07. The van der Waals surface area contributed by atoms with Crippen LogP contribution in [0.5, 0.6) is 0 Å². The largest absolute Gasteiger partial charge is 0.378 e. The molecule has 0 aliphatic carbocycles. The topological polar surface area (TPSA) is 53.2 Å². The van der Waals surface area contributed by atoms with Crippen molar-refractivity contribution in [1.82, 2.24) is 5.32 Å². The fourth-order valence-electron chi connectivity index (χ4n) is 2.71. The van der Waals surface area contributed by atoms with Gasteiger partial charge in [0.1, 0.15) is 0 Å². The van der Waals surface area contributed by atoms with Crippen LogP contribution >= 0.6 is 0 Å². The number of dihydropyridines is 1. The zero-order valence-corrected chi connectivity index (χ0v) is 11.8. The average Bonchev–Trinajstić information content (AvgIpc) is 2.46. The average molecular weight is 287 g/mol. The molecule has 5 heteroatoms. The molecule has 2 heterocycles. The Morgan fingerprint density at radius 1 is 1.43 bits per heavy atom. The van der Waals surface area contributed by atoms with E-state index in [1.807, 2.05) is 24.3 Å². The lowest BCUT2D eigenvalue weighted by Crippen LogP contribution is -2.30. The van der Waals surface area contributed by atoms with Gasteiger partial charge in [-0.05, 0) is 42.2 Å². The van der Waals surface area contributed by atoms with E-state index in [-0.39, 0.29) is 11.9 Å². The van der Waals surface area contributed by atoms with Crippen LogP contribution in [-0.4, -0.2) is 18.2 Å². The highest BCUT2D eigenvalue weighted by Crippen LogP contribution is 2.30. The Morgan fingerprint density at radius 3 is 3.00 bits per heavy atom. The molecule has 4 nitrogen and oxygen atoms in total. The zero-order chi connectivity index (χ0) is 14.8. The van der Waals surface area contributed by atoms with Crippen LogP contribution in [0.1, 0.15) is 18.9 Å². The van der Waals surface area contributed by atoms with Crippen molar-refractivity contribution in [2.24, 2.45) is 0 Å². The van der Waals surface area contributed by atoms with Crippen molar-refractivity contribution in [2.75, 3.05) is 10.6 Å². The number of halogens is 1. The van der Waals surface area contributed by atoms with Gasteiger partial charge in [0.15, 0.2) is 6.30 Å². The molecule has 0 unspecified atom stereocenters. The number of alkyl halides is 1. The predicted molar refractivity (Wildman–Crippen MR) is 81.7 cm³/mol. The van der Waals surface area contributed by atoms with Crippen molar-refractivity contribution in [1.29, 1.82) is 0 Å². The number of carbonyl (C=O) groups is 1. The van der Waals surface area contributed by atoms with E-state index in [2.05, 4.69) is 16.0 Å². The van der Waals surface area contributed by atoms with Gasteiger partial charge in [0.25, 0.3) is 0 Å². The van der Waals surface area contributed by atoms with E-state index >= 15 is 0 Å². The van der Waals surface area contributed by atoms with Crippen LogP contribution in [0.2, 0.25) is 0 Å². The van der Waals surface area contributed by atoms with Gasteiger partial charge in [-0.3, -0.25) is 4.79 Å². The molecule has 0 spiro atoms. The second-order valence-corrected chi connectivity index (χ2v) is 5.36. The van der Waals surface area contributed by atoms with Gasteiger partial charge in [0.05, 0.1) is 6.04 Å². The first kappa shape index (κ1) is 13.7. The Labute approximate surface area is 123 Å². The minimum absolute atomic E-state index is 0.0848. The number of nitrogens with one attached hydrogen (secondary N) is 3. The lowest BCUT2D eigenvalue weighted by Gasteiger charge is -2.29. The van der Waals surface area contributed by atoms with Crippen molar-refractivity contribution in [2.45, 2.75) is 32.1 Å². The van der Waals surface area contributed by atoms with Crippen LogP contribution in [0.15, 0.2) is 42.1 Å². The number of rotatable bonds is 2. The molecule has 2 atom stereocenters. The van der Waals surface area contributed by atoms with Crippen molar-refractivity contribution >= 4 is 17.3 Å². The quantitative estimate of drug-likeness (QED) is 0.733. The van der Waals surface area contributed by atoms with Crippen LogP contribution in [0.3, 0.4) is 0 Å². The molecule has 1 amide bonds. The molecule has 0 radical (unpaired) electrons. The number of carbonyl (C=O) groups excluding carboxylic acids is 1. The summed E-state index contributed by atoms with van der Waals surface area (Å²) in [6, 6.07) is 6.05. The zero-order valence-electron chi connectivity index (χ0n) is 11.8. The van der Waals surface area contributed by atoms with Gasteiger partial charge in [-0.2, -0.15) is 0 Å². The minimum atomic E-state index is -1.10. The summed E-state index contributed by atoms with van der Waals surface area (Å²) in [5.41, 5.74) is 4.08. The highest BCUT2D eigenvalue weighted by Gasteiger charge is 2.21. The monoisotopic (exact) mass is 287 g/mol. The molecule has 21 heavy (non-hydrogen) atoms. The minimum Gasteiger partial charge on any atom is -0.378 e. The Balaban J connectivity index is 1.78. The number of amides is 1. The molecule has 2 aliphatic heterocycles. The van der Waals surface area contributed by atoms with E-state index in [9.17, 15) is 9.18 Å². The van der Waals surface area contributed by atoms with E-state index in [1.54, 1.807) is 6.20 Å². The van der Waals surface area contributed by atoms with Crippen molar-refractivity contribution in [3.63, 3.8) is 0 Å². The van der Waals surface area contributed by atoms with Gasteiger partial charge in [-0.25, -0.2) is 4.39 Å². The first-order valence-electron chi connectivity index (χ1n) is 7.07. The summed E-state index contributed by atoms with van der Waals surface area (Å²) >= 11 is 0. The third-order valence-electron chi connectivity index (χ3n) is 3.73. The number of benzene rings is 1. The molecule has 0 bridgehead atoms. The standard InChI is InChI=1S/C16H18FN3O/c1-10(21)19-13-5-2-11-3-6-14(20-15(11)8-13)12-4-7-16(17)18-9-12/h2,4-5,7-9,14,16,18,20H,3,6H2,1H3,(H,19,21)/t14-,16-/m0/s1. The van der Waals surface area contributed by atoms with Crippen LogP contribution < -0.4 is 16.0 Å². The lowest BCUT2D eigenvalue weighted by molar-refractivity contribution is -0.114. The van der Waals surface area contributed by atoms with Crippen molar-refractivity contribution < 1.29 is 9.18 Å². The normalized spacial score (nSPS) is 23.4. The molecular formula is C16H18FN3O. The maximum Gasteiger partial charge on any atom is 0.221 e. The summed E-state index contributed by atoms with van der Waals surface area (Å²) in [5, 5.41) is 8.93. The number of hydrogen-bond acceptors (Lipinski definition) is 3. The highest BCUT2D eigenvalue weighted by atomic mass is 19.1. The van der Waals surface area contributed by atoms with Gasteiger partial charge in [-0.1, -0.05) is 12.1 Å². The molecule has 2 aliphatic rings. The van der Waals surface area contributed by atoms with E-state index in [4.69, 9.17) is 0 Å². The molecule has 0 fully saturated rings. The fraction of sp³-hybridized carbons (Fsp3) is 0.312. The maximum atomic E-state index is 13.0. The Hall–Kier alpha value is -2.30. The molecule has 1 aromatic rings. The van der Waals surface area contributed by atoms with Gasteiger partial charge < -0.3 is 16.0 Å². The summed E-state index contributed by atoms with van der Waals surface area (Å²) in [6.07, 6.45) is 5.88. The Bertz CT molecular complexity index is 624. The van der Waals surface area contributed by atoms with E-state index < -0.39 is 6.30 Å². The second-order valence-electron chi connectivity index (χ2n) is 5.36. The maximum absolute atomic E-state index is 13.0. The number of hydrogen-bond donors (Lipinski definition) is 3. The van der Waals surface area contributed by atoms with Crippen LogP contribution in [0, 0.1) is 0 Å². The number of anilines is 2. The summed E-state index contributed by atoms with van der Waals surface area (Å²) in [5.74, 6) is -0.0848. The molecule has 0 saturated heterocycles.